The lowest BCUT2D eigenvalue weighted by Gasteiger charge is -2.09. The van der Waals surface area contributed by atoms with E-state index in [9.17, 15) is 4.79 Å². The molecule has 0 saturated carbocycles. The van der Waals surface area contributed by atoms with Crippen molar-refractivity contribution in [3.63, 3.8) is 0 Å². The van der Waals surface area contributed by atoms with E-state index in [0.717, 1.165) is 17.7 Å². The molecule has 26 heavy (non-hydrogen) atoms. The summed E-state index contributed by atoms with van der Waals surface area (Å²) in [6, 6.07) is 13.0. The first kappa shape index (κ1) is 19.5. The molecule has 0 aliphatic carbocycles. The molecule has 0 spiro atoms. The highest BCUT2D eigenvalue weighted by Crippen LogP contribution is 2.08. The number of rotatable bonds is 11. The lowest BCUT2D eigenvalue weighted by molar-refractivity contribution is 0.143. The highest BCUT2D eigenvalue weighted by molar-refractivity contribution is 5.73. The van der Waals surface area contributed by atoms with Gasteiger partial charge in [0.25, 0.3) is 0 Å². The number of para-hydroxylation sites is 1. The van der Waals surface area contributed by atoms with Gasteiger partial charge in [-0.05, 0) is 24.1 Å². The van der Waals surface area contributed by atoms with Gasteiger partial charge in [-0.3, -0.25) is 0 Å². The minimum Gasteiger partial charge on any atom is -0.494 e. The van der Waals surface area contributed by atoms with Crippen molar-refractivity contribution >= 4 is 6.03 Å². The van der Waals surface area contributed by atoms with Crippen molar-refractivity contribution in [1.82, 2.24) is 15.6 Å². The number of carbonyl (C=O) groups is 1. The van der Waals surface area contributed by atoms with Gasteiger partial charge in [0.2, 0.25) is 5.88 Å². The number of amides is 2. The van der Waals surface area contributed by atoms with Crippen LogP contribution in [0, 0.1) is 0 Å². The molecule has 2 rings (SSSR count). The van der Waals surface area contributed by atoms with Gasteiger partial charge in [-0.15, -0.1) is 0 Å². The fourth-order valence-corrected chi connectivity index (χ4v) is 2.06. The summed E-state index contributed by atoms with van der Waals surface area (Å²) in [5.41, 5.74) is 0.895. The Morgan fingerprint density at radius 1 is 1.00 bits per heavy atom. The molecule has 1 heterocycles. The zero-order valence-electron chi connectivity index (χ0n) is 14.9. The first-order chi connectivity index (χ1) is 12.8. The molecule has 0 atom stereocenters. The Morgan fingerprint density at radius 2 is 1.85 bits per heavy atom. The second-order valence-electron chi connectivity index (χ2n) is 5.47. The summed E-state index contributed by atoms with van der Waals surface area (Å²) < 4.78 is 15.9. The number of nitrogens with zero attached hydrogens (tertiary/aromatic N) is 1. The van der Waals surface area contributed by atoms with E-state index in [1.165, 1.54) is 0 Å². The first-order valence-electron chi connectivity index (χ1n) is 8.54. The Labute approximate surface area is 153 Å². The number of carbonyl (C=O) groups excluding carboxylic acids is 1. The quantitative estimate of drug-likeness (QED) is 0.602. The molecule has 2 N–H and O–H groups in total. The van der Waals surface area contributed by atoms with Crippen molar-refractivity contribution in [3.05, 3.63) is 54.2 Å². The van der Waals surface area contributed by atoms with Crippen LogP contribution < -0.4 is 20.1 Å². The molecule has 140 valence electrons. The van der Waals surface area contributed by atoms with Gasteiger partial charge in [-0.2, -0.15) is 0 Å². The van der Waals surface area contributed by atoms with Crippen molar-refractivity contribution in [2.24, 2.45) is 0 Å². The standard InChI is InChI=1S/C19H25N3O4/c1-24-12-13-26-18-9-8-16(14-21-18)15-22-19(23)20-10-5-11-25-17-6-3-2-4-7-17/h2-4,6-9,14H,5,10-13,15H2,1H3,(H2,20,22,23). The molecule has 0 saturated heterocycles. The monoisotopic (exact) mass is 359 g/mol. The second kappa shape index (κ2) is 11.7. The van der Waals surface area contributed by atoms with E-state index in [-0.39, 0.29) is 6.03 Å². The number of methoxy groups -OCH3 is 1. The smallest absolute Gasteiger partial charge is 0.315 e. The van der Waals surface area contributed by atoms with Crippen molar-refractivity contribution in [2.75, 3.05) is 33.5 Å². The van der Waals surface area contributed by atoms with E-state index in [1.54, 1.807) is 19.4 Å². The molecule has 7 nitrogen and oxygen atoms in total. The maximum Gasteiger partial charge on any atom is 0.315 e. The Morgan fingerprint density at radius 3 is 2.58 bits per heavy atom. The summed E-state index contributed by atoms with van der Waals surface area (Å²) in [7, 11) is 1.62. The number of aromatic nitrogens is 1. The van der Waals surface area contributed by atoms with Gasteiger partial charge in [0.1, 0.15) is 12.4 Å². The molecule has 0 fully saturated rings. The van der Waals surface area contributed by atoms with Gasteiger partial charge in [-0.1, -0.05) is 24.3 Å². The number of urea groups is 1. The zero-order chi connectivity index (χ0) is 18.5. The summed E-state index contributed by atoms with van der Waals surface area (Å²) in [6.45, 7) is 2.47. The molecule has 0 aliphatic heterocycles. The number of hydrogen-bond acceptors (Lipinski definition) is 5. The summed E-state index contributed by atoms with van der Waals surface area (Å²) in [6.07, 6.45) is 2.41. The zero-order valence-corrected chi connectivity index (χ0v) is 14.9. The van der Waals surface area contributed by atoms with Crippen LogP contribution in [0.1, 0.15) is 12.0 Å². The van der Waals surface area contributed by atoms with Gasteiger partial charge >= 0.3 is 6.03 Å². The van der Waals surface area contributed by atoms with Crippen LogP contribution in [0.5, 0.6) is 11.6 Å². The summed E-state index contributed by atoms with van der Waals surface area (Å²) >= 11 is 0. The van der Waals surface area contributed by atoms with Crippen LogP contribution in [0.15, 0.2) is 48.7 Å². The normalized spacial score (nSPS) is 10.2. The predicted octanol–water partition coefficient (Wildman–Crippen LogP) is 2.38. The third-order valence-corrected chi connectivity index (χ3v) is 3.41. The second-order valence-corrected chi connectivity index (χ2v) is 5.47. The SMILES string of the molecule is COCCOc1ccc(CNC(=O)NCCCOc2ccccc2)cn1. The average molecular weight is 359 g/mol. The lowest BCUT2D eigenvalue weighted by Crippen LogP contribution is -2.36. The lowest BCUT2D eigenvalue weighted by atomic mass is 10.3. The molecule has 1 aromatic carbocycles. The maximum atomic E-state index is 11.8. The fraction of sp³-hybridized carbons (Fsp3) is 0.368. The molecule has 0 unspecified atom stereocenters. The maximum absolute atomic E-state index is 11.8. The van der Waals surface area contributed by atoms with Crippen LogP contribution >= 0.6 is 0 Å². The van der Waals surface area contributed by atoms with E-state index in [2.05, 4.69) is 15.6 Å². The van der Waals surface area contributed by atoms with E-state index in [4.69, 9.17) is 14.2 Å². The Bertz CT molecular complexity index is 635. The van der Waals surface area contributed by atoms with E-state index in [0.29, 0.717) is 38.8 Å². The molecule has 1 aromatic heterocycles. The largest absolute Gasteiger partial charge is 0.494 e. The first-order valence-corrected chi connectivity index (χ1v) is 8.54. The van der Waals surface area contributed by atoms with Crippen LogP contribution in [0.4, 0.5) is 4.79 Å². The minimum atomic E-state index is -0.217. The molecule has 2 aromatic rings. The fourth-order valence-electron chi connectivity index (χ4n) is 2.06. The highest BCUT2D eigenvalue weighted by atomic mass is 16.5. The van der Waals surface area contributed by atoms with Crippen molar-refractivity contribution in [2.45, 2.75) is 13.0 Å². The van der Waals surface area contributed by atoms with E-state index in [1.807, 2.05) is 36.4 Å². The number of nitrogens with one attached hydrogen (secondary N) is 2. The van der Waals surface area contributed by atoms with Crippen LogP contribution in [0.2, 0.25) is 0 Å². The van der Waals surface area contributed by atoms with Crippen LogP contribution in [-0.2, 0) is 11.3 Å². The van der Waals surface area contributed by atoms with Gasteiger partial charge in [0.05, 0.1) is 13.2 Å². The molecule has 0 radical (unpaired) electrons. The number of pyridine rings is 1. The molecule has 0 aliphatic rings. The van der Waals surface area contributed by atoms with Crippen LogP contribution in [0.25, 0.3) is 0 Å². The number of ether oxygens (including phenoxy) is 3. The van der Waals surface area contributed by atoms with Gasteiger partial charge in [-0.25, -0.2) is 9.78 Å². The van der Waals surface area contributed by atoms with Gasteiger partial charge < -0.3 is 24.8 Å². The number of benzene rings is 1. The van der Waals surface area contributed by atoms with Gasteiger partial charge in [0.15, 0.2) is 0 Å². The van der Waals surface area contributed by atoms with E-state index >= 15 is 0 Å². The summed E-state index contributed by atoms with van der Waals surface area (Å²) in [5, 5.41) is 5.58. The molecule has 2 amide bonds. The third-order valence-electron chi connectivity index (χ3n) is 3.41. The minimum absolute atomic E-state index is 0.217. The molecular weight excluding hydrogens is 334 g/mol. The Hall–Kier alpha value is -2.80. The van der Waals surface area contributed by atoms with Gasteiger partial charge in [0, 0.05) is 32.5 Å². The summed E-state index contributed by atoms with van der Waals surface area (Å²) in [4.78, 5) is 15.9. The molecule has 0 bridgehead atoms. The molecule has 7 heteroatoms. The van der Waals surface area contributed by atoms with Crippen molar-refractivity contribution in [3.8, 4) is 11.6 Å². The van der Waals surface area contributed by atoms with Crippen molar-refractivity contribution < 1.29 is 19.0 Å². The third kappa shape index (κ3) is 7.85. The van der Waals surface area contributed by atoms with Crippen LogP contribution in [-0.4, -0.2) is 44.5 Å². The Kier molecular flexibility index (Phi) is 8.79. The molecular formula is C19H25N3O4. The average Bonchev–Trinajstić information content (AvgIpc) is 2.68. The van der Waals surface area contributed by atoms with Crippen LogP contribution in [0.3, 0.4) is 0 Å². The predicted molar refractivity (Wildman–Crippen MR) is 98.4 cm³/mol. The highest BCUT2D eigenvalue weighted by Gasteiger charge is 2.02. The van der Waals surface area contributed by atoms with E-state index < -0.39 is 0 Å². The number of hydrogen-bond donors (Lipinski definition) is 2. The Balaban J connectivity index is 1.55. The van der Waals surface area contributed by atoms with Crippen molar-refractivity contribution in [1.29, 1.82) is 0 Å². The topological polar surface area (TPSA) is 81.7 Å². The summed E-state index contributed by atoms with van der Waals surface area (Å²) in [5.74, 6) is 1.37.